The molecule has 0 unspecified atom stereocenters. The number of methoxy groups -OCH3 is 1. The molecule has 1 aliphatic rings. The Hall–Kier alpha value is -3.13. The Morgan fingerprint density at radius 2 is 1.80 bits per heavy atom. The van der Waals surface area contributed by atoms with Crippen LogP contribution in [0.25, 0.3) is 6.08 Å². The second-order valence-electron chi connectivity index (χ2n) is 7.48. The number of aromatic nitrogens is 2. The molecule has 8 nitrogen and oxygen atoms in total. The van der Waals surface area contributed by atoms with Crippen molar-refractivity contribution in [2.45, 2.75) is 13.0 Å². The van der Waals surface area contributed by atoms with E-state index < -0.39 is 11.2 Å². The molecular formula is C22H28N4O4. The Balaban J connectivity index is 1.61. The second-order valence-corrected chi connectivity index (χ2v) is 7.48. The highest BCUT2D eigenvalue weighted by Gasteiger charge is 2.18. The Kier molecular flexibility index (Phi) is 6.89. The molecule has 1 amide bonds. The third kappa shape index (κ3) is 5.07. The lowest BCUT2D eigenvalue weighted by Crippen LogP contribution is -2.37. The fourth-order valence-corrected chi connectivity index (χ4v) is 3.56. The minimum Gasteiger partial charge on any atom is -0.497 e. The highest BCUT2D eigenvalue weighted by Crippen LogP contribution is 2.14. The molecule has 1 aromatic heterocycles. The van der Waals surface area contributed by atoms with Crippen molar-refractivity contribution >= 4 is 12.0 Å². The van der Waals surface area contributed by atoms with Crippen molar-refractivity contribution in [2.75, 3.05) is 33.3 Å². The van der Waals surface area contributed by atoms with Gasteiger partial charge < -0.3 is 14.2 Å². The quantitative estimate of drug-likeness (QED) is 0.681. The first kappa shape index (κ1) is 21.6. The predicted octanol–water partition coefficient (Wildman–Crippen LogP) is 0.840. The highest BCUT2D eigenvalue weighted by atomic mass is 16.5. The average molecular weight is 412 g/mol. The van der Waals surface area contributed by atoms with E-state index >= 15 is 0 Å². The van der Waals surface area contributed by atoms with Crippen LogP contribution in [0.3, 0.4) is 0 Å². The van der Waals surface area contributed by atoms with Crippen LogP contribution in [0.4, 0.5) is 0 Å². The normalized spacial score (nSPS) is 15.4. The minimum absolute atomic E-state index is 0.128. The van der Waals surface area contributed by atoms with E-state index in [0.717, 1.165) is 36.4 Å². The highest BCUT2D eigenvalue weighted by molar-refractivity contribution is 5.91. The summed E-state index contributed by atoms with van der Waals surface area (Å²) in [4.78, 5) is 40.8. The second kappa shape index (κ2) is 9.58. The number of rotatable bonds is 5. The smallest absolute Gasteiger partial charge is 0.330 e. The van der Waals surface area contributed by atoms with Gasteiger partial charge in [0.15, 0.2) is 0 Å². The molecule has 3 rings (SSSR count). The monoisotopic (exact) mass is 412 g/mol. The number of carbonyl (C=O) groups excluding carboxylic acids is 1. The van der Waals surface area contributed by atoms with Crippen LogP contribution < -0.4 is 16.0 Å². The number of aryl methyl sites for hydroxylation is 1. The molecule has 8 heteroatoms. The van der Waals surface area contributed by atoms with Crippen molar-refractivity contribution in [2.24, 2.45) is 14.1 Å². The van der Waals surface area contributed by atoms with Gasteiger partial charge in [0.1, 0.15) is 5.75 Å². The van der Waals surface area contributed by atoms with Crippen LogP contribution in [0.15, 0.2) is 46.1 Å². The molecule has 0 N–H and O–H groups in total. The summed E-state index contributed by atoms with van der Waals surface area (Å²) in [6, 6.07) is 8.03. The van der Waals surface area contributed by atoms with Gasteiger partial charge in [-0.3, -0.25) is 19.1 Å². The Morgan fingerprint density at radius 3 is 2.50 bits per heavy atom. The number of ether oxygens (including phenoxy) is 1. The molecular weight excluding hydrogens is 384 g/mol. The molecule has 0 radical (unpaired) electrons. The van der Waals surface area contributed by atoms with Crippen molar-refractivity contribution in [1.29, 1.82) is 0 Å². The topological polar surface area (TPSA) is 76.8 Å². The van der Waals surface area contributed by atoms with Gasteiger partial charge in [-0.05, 0) is 30.2 Å². The van der Waals surface area contributed by atoms with E-state index in [1.807, 2.05) is 12.1 Å². The molecule has 1 aromatic carbocycles. The summed E-state index contributed by atoms with van der Waals surface area (Å²) in [6.45, 7) is 3.84. The van der Waals surface area contributed by atoms with Gasteiger partial charge in [-0.15, -0.1) is 0 Å². The maximum atomic E-state index is 12.6. The maximum absolute atomic E-state index is 12.6. The predicted molar refractivity (Wildman–Crippen MR) is 115 cm³/mol. The standard InChI is InChI=1S/C22H28N4O4/c1-23-16-18(21(28)24(2)22(23)29)7-10-20(27)26-12-4-11-25(13-14-26)15-17-5-8-19(30-3)9-6-17/h5-10,16H,4,11-15H2,1-3H3. The zero-order chi connectivity index (χ0) is 21.7. The van der Waals surface area contributed by atoms with Gasteiger partial charge in [0, 0.05) is 59.1 Å². The zero-order valence-corrected chi connectivity index (χ0v) is 17.7. The lowest BCUT2D eigenvalue weighted by molar-refractivity contribution is -0.125. The lowest BCUT2D eigenvalue weighted by atomic mass is 10.2. The van der Waals surface area contributed by atoms with E-state index in [2.05, 4.69) is 17.0 Å². The third-order valence-electron chi connectivity index (χ3n) is 5.34. The van der Waals surface area contributed by atoms with Crippen LogP contribution in [-0.4, -0.2) is 58.1 Å². The van der Waals surface area contributed by atoms with Gasteiger partial charge in [-0.1, -0.05) is 12.1 Å². The zero-order valence-electron chi connectivity index (χ0n) is 17.7. The molecule has 1 fully saturated rings. The SMILES string of the molecule is COc1ccc(CN2CCCN(C(=O)C=Cc3cn(C)c(=O)n(C)c3=O)CC2)cc1. The van der Waals surface area contributed by atoms with Crippen molar-refractivity contribution in [3.05, 3.63) is 68.5 Å². The van der Waals surface area contributed by atoms with Crippen LogP contribution in [0.1, 0.15) is 17.5 Å². The summed E-state index contributed by atoms with van der Waals surface area (Å²) in [5, 5.41) is 0. The third-order valence-corrected chi connectivity index (χ3v) is 5.34. The summed E-state index contributed by atoms with van der Waals surface area (Å²) in [6.07, 6.45) is 5.25. The summed E-state index contributed by atoms with van der Waals surface area (Å²) in [5.41, 5.74) is 0.710. The first-order chi connectivity index (χ1) is 14.4. The van der Waals surface area contributed by atoms with Gasteiger partial charge in [0.25, 0.3) is 5.56 Å². The number of amides is 1. The molecule has 2 aromatic rings. The van der Waals surface area contributed by atoms with E-state index in [0.29, 0.717) is 18.7 Å². The fraction of sp³-hybridized carbons (Fsp3) is 0.409. The number of hydrogen-bond acceptors (Lipinski definition) is 5. The Morgan fingerprint density at radius 1 is 1.07 bits per heavy atom. The van der Waals surface area contributed by atoms with Crippen molar-refractivity contribution in [1.82, 2.24) is 18.9 Å². The van der Waals surface area contributed by atoms with Crippen LogP contribution in [-0.2, 0) is 25.4 Å². The lowest BCUT2D eigenvalue weighted by Gasteiger charge is -2.21. The van der Waals surface area contributed by atoms with Gasteiger partial charge in [-0.25, -0.2) is 4.79 Å². The van der Waals surface area contributed by atoms with Gasteiger partial charge in [-0.2, -0.15) is 0 Å². The number of carbonyl (C=O) groups is 1. The van der Waals surface area contributed by atoms with Crippen molar-refractivity contribution in [3.63, 3.8) is 0 Å². The molecule has 0 aliphatic carbocycles. The van der Waals surface area contributed by atoms with E-state index in [-0.39, 0.29) is 5.91 Å². The van der Waals surface area contributed by atoms with Gasteiger partial charge in [0.2, 0.25) is 5.91 Å². The number of nitrogens with zero attached hydrogens (tertiary/aromatic N) is 4. The Labute approximate surface area is 175 Å². The van der Waals surface area contributed by atoms with Crippen LogP contribution in [0.2, 0.25) is 0 Å². The summed E-state index contributed by atoms with van der Waals surface area (Å²) in [7, 11) is 4.66. The molecule has 0 spiro atoms. The molecule has 2 heterocycles. The van der Waals surface area contributed by atoms with Crippen LogP contribution in [0.5, 0.6) is 5.75 Å². The summed E-state index contributed by atoms with van der Waals surface area (Å²) >= 11 is 0. The summed E-state index contributed by atoms with van der Waals surface area (Å²) < 4.78 is 7.56. The first-order valence-electron chi connectivity index (χ1n) is 9.98. The average Bonchev–Trinajstić information content (AvgIpc) is 3.00. The molecule has 30 heavy (non-hydrogen) atoms. The van der Waals surface area contributed by atoms with Crippen LogP contribution in [0, 0.1) is 0 Å². The Bertz CT molecular complexity index is 1040. The van der Waals surface area contributed by atoms with Gasteiger partial charge >= 0.3 is 5.69 Å². The maximum Gasteiger partial charge on any atom is 0.330 e. The largest absolute Gasteiger partial charge is 0.497 e. The molecule has 0 bridgehead atoms. The van der Waals surface area contributed by atoms with E-state index in [9.17, 15) is 14.4 Å². The van der Waals surface area contributed by atoms with E-state index in [1.165, 1.54) is 35.5 Å². The molecule has 160 valence electrons. The number of benzene rings is 1. The van der Waals surface area contributed by atoms with Crippen LogP contribution >= 0.6 is 0 Å². The van der Waals surface area contributed by atoms with E-state index in [1.54, 1.807) is 19.1 Å². The number of hydrogen-bond donors (Lipinski definition) is 0. The van der Waals surface area contributed by atoms with Crippen molar-refractivity contribution < 1.29 is 9.53 Å². The summed E-state index contributed by atoms with van der Waals surface area (Å²) in [5.74, 6) is 0.712. The molecule has 1 aliphatic heterocycles. The minimum atomic E-state index is -0.413. The van der Waals surface area contributed by atoms with Gasteiger partial charge in [0.05, 0.1) is 12.7 Å². The molecule has 1 saturated heterocycles. The van der Waals surface area contributed by atoms with Crippen molar-refractivity contribution in [3.8, 4) is 5.75 Å². The molecule has 0 atom stereocenters. The molecule has 0 saturated carbocycles. The fourth-order valence-electron chi connectivity index (χ4n) is 3.56. The first-order valence-corrected chi connectivity index (χ1v) is 9.98. The van der Waals surface area contributed by atoms with E-state index in [4.69, 9.17) is 4.74 Å².